The van der Waals surface area contributed by atoms with Crippen LogP contribution in [0.3, 0.4) is 0 Å². The number of carbonyl (C=O) groups is 1. The van der Waals surface area contributed by atoms with Crippen molar-refractivity contribution in [2.24, 2.45) is 5.73 Å². The number of carbonyl (C=O) groups excluding carboxylic acids is 1. The highest BCUT2D eigenvalue weighted by Crippen LogP contribution is 2.11. The molecular formula is C9H18BrNO. The lowest BCUT2D eigenvalue weighted by molar-refractivity contribution is -0.117. The van der Waals surface area contributed by atoms with Crippen molar-refractivity contribution >= 4 is 21.8 Å². The minimum absolute atomic E-state index is 0.126. The van der Waals surface area contributed by atoms with Gasteiger partial charge in [0.1, 0.15) is 0 Å². The average Bonchev–Trinajstić information content (AvgIpc) is 2.03. The molecule has 0 spiro atoms. The highest BCUT2D eigenvalue weighted by molar-refractivity contribution is 9.10. The van der Waals surface area contributed by atoms with Crippen LogP contribution in [0, 0.1) is 0 Å². The van der Waals surface area contributed by atoms with Gasteiger partial charge in [-0.1, -0.05) is 55.0 Å². The maximum atomic E-state index is 10.6. The second kappa shape index (κ2) is 7.59. The summed E-state index contributed by atoms with van der Waals surface area (Å²) in [6.45, 7) is 2.19. The summed E-state index contributed by atoms with van der Waals surface area (Å²) in [5.74, 6) is -0.245. The van der Waals surface area contributed by atoms with Crippen LogP contribution in [0.2, 0.25) is 0 Å². The van der Waals surface area contributed by atoms with E-state index in [4.69, 9.17) is 5.73 Å². The third kappa shape index (κ3) is 6.65. The predicted molar refractivity (Wildman–Crippen MR) is 55.3 cm³/mol. The zero-order valence-corrected chi connectivity index (χ0v) is 9.27. The van der Waals surface area contributed by atoms with Gasteiger partial charge in [-0.3, -0.25) is 4.79 Å². The zero-order chi connectivity index (χ0) is 9.40. The third-order valence-electron chi connectivity index (χ3n) is 1.87. The molecule has 0 heterocycles. The van der Waals surface area contributed by atoms with Gasteiger partial charge in [0.15, 0.2) is 0 Å². The average molecular weight is 236 g/mol. The van der Waals surface area contributed by atoms with Gasteiger partial charge in [0.2, 0.25) is 5.91 Å². The first-order valence-corrected chi connectivity index (χ1v) is 5.53. The number of primary amides is 1. The van der Waals surface area contributed by atoms with Crippen LogP contribution in [0.4, 0.5) is 0 Å². The number of hydrogen-bond donors (Lipinski definition) is 1. The van der Waals surface area contributed by atoms with E-state index in [0.717, 1.165) is 12.8 Å². The summed E-state index contributed by atoms with van der Waals surface area (Å²) in [7, 11) is 0. The van der Waals surface area contributed by atoms with Crippen LogP contribution < -0.4 is 5.73 Å². The Hall–Kier alpha value is -0.0500. The summed E-state index contributed by atoms with van der Waals surface area (Å²) >= 11 is 3.24. The lowest BCUT2D eigenvalue weighted by Crippen LogP contribution is -2.22. The van der Waals surface area contributed by atoms with Gasteiger partial charge < -0.3 is 5.73 Å². The first-order chi connectivity index (χ1) is 5.68. The maximum Gasteiger partial charge on any atom is 0.231 e. The van der Waals surface area contributed by atoms with Gasteiger partial charge in [-0.15, -0.1) is 0 Å². The molecule has 12 heavy (non-hydrogen) atoms. The molecule has 0 fully saturated rings. The highest BCUT2D eigenvalue weighted by atomic mass is 79.9. The summed E-state index contributed by atoms with van der Waals surface area (Å²) in [4.78, 5) is 10.5. The lowest BCUT2D eigenvalue weighted by Gasteiger charge is -2.04. The molecule has 1 amide bonds. The molecule has 0 aliphatic rings. The van der Waals surface area contributed by atoms with Crippen molar-refractivity contribution in [3.05, 3.63) is 0 Å². The number of amides is 1. The summed E-state index contributed by atoms with van der Waals surface area (Å²) in [6, 6.07) is 0. The normalized spacial score (nSPS) is 12.8. The Bertz CT molecular complexity index is 128. The van der Waals surface area contributed by atoms with Gasteiger partial charge in [-0.2, -0.15) is 0 Å². The van der Waals surface area contributed by atoms with Crippen molar-refractivity contribution in [2.45, 2.75) is 50.3 Å². The second-order valence-corrected chi connectivity index (χ2v) is 4.18. The van der Waals surface area contributed by atoms with Gasteiger partial charge in [0.05, 0.1) is 4.83 Å². The van der Waals surface area contributed by atoms with Gasteiger partial charge in [0.25, 0.3) is 0 Å². The summed E-state index contributed by atoms with van der Waals surface area (Å²) in [6.07, 6.45) is 7.01. The minimum Gasteiger partial charge on any atom is -0.369 e. The van der Waals surface area contributed by atoms with Crippen molar-refractivity contribution in [1.29, 1.82) is 0 Å². The number of hydrogen-bond acceptors (Lipinski definition) is 1. The molecule has 0 saturated carbocycles. The molecule has 0 saturated heterocycles. The number of halogens is 1. The molecule has 1 atom stereocenters. The zero-order valence-electron chi connectivity index (χ0n) is 7.68. The van der Waals surface area contributed by atoms with Crippen LogP contribution in [-0.4, -0.2) is 10.7 Å². The van der Waals surface area contributed by atoms with Crippen molar-refractivity contribution in [2.75, 3.05) is 0 Å². The molecule has 72 valence electrons. The van der Waals surface area contributed by atoms with Crippen molar-refractivity contribution in [1.82, 2.24) is 0 Å². The maximum absolute atomic E-state index is 10.6. The Kier molecular flexibility index (Phi) is 7.56. The molecule has 0 aliphatic carbocycles. The standard InChI is InChI=1S/C9H18BrNO/c1-2-3-4-5-6-7-8(10)9(11)12/h8H,2-7H2,1H3,(H2,11,12). The molecule has 0 radical (unpaired) electrons. The highest BCUT2D eigenvalue weighted by Gasteiger charge is 2.08. The van der Waals surface area contributed by atoms with Crippen LogP contribution in [0.25, 0.3) is 0 Å². The van der Waals surface area contributed by atoms with Crippen LogP contribution >= 0.6 is 15.9 Å². The van der Waals surface area contributed by atoms with Crippen molar-refractivity contribution in [3.8, 4) is 0 Å². The fourth-order valence-corrected chi connectivity index (χ4v) is 1.39. The van der Waals surface area contributed by atoms with E-state index in [1.54, 1.807) is 0 Å². The Balaban J connectivity index is 3.14. The van der Waals surface area contributed by atoms with E-state index in [0.29, 0.717) is 0 Å². The third-order valence-corrected chi connectivity index (χ3v) is 2.78. The van der Waals surface area contributed by atoms with Crippen LogP contribution in [-0.2, 0) is 4.79 Å². The predicted octanol–water partition coefficient (Wildman–Crippen LogP) is 2.60. The SMILES string of the molecule is CCCCCCCC(Br)C(N)=O. The summed E-state index contributed by atoms with van der Waals surface area (Å²) in [5, 5.41) is 0. The molecule has 2 nitrogen and oxygen atoms in total. The van der Waals surface area contributed by atoms with Crippen LogP contribution in [0.15, 0.2) is 0 Å². The molecular weight excluding hydrogens is 218 g/mol. The van der Waals surface area contributed by atoms with E-state index < -0.39 is 0 Å². The van der Waals surface area contributed by atoms with E-state index >= 15 is 0 Å². The van der Waals surface area contributed by atoms with E-state index in [-0.39, 0.29) is 10.7 Å². The Morgan fingerprint density at radius 1 is 1.33 bits per heavy atom. The van der Waals surface area contributed by atoms with Gasteiger partial charge in [-0.05, 0) is 6.42 Å². The van der Waals surface area contributed by atoms with Crippen molar-refractivity contribution < 1.29 is 4.79 Å². The number of rotatable bonds is 7. The molecule has 2 N–H and O–H groups in total. The number of alkyl halides is 1. The van der Waals surface area contributed by atoms with E-state index in [1.807, 2.05) is 0 Å². The van der Waals surface area contributed by atoms with E-state index in [2.05, 4.69) is 22.9 Å². The Morgan fingerprint density at radius 2 is 1.92 bits per heavy atom. The molecule has 0 aliphatic heterocycles. The minimum atomic E-state index is -0.245. The molecule has 0 aromatic heterocycles. The van der Waals surface area contributed by atoms with Crippen molar-refractivity contribution in [3.63, 3.8) is 0 Å². The Morgan fingerprint density at radius 3 is 2.42 bits per heavy atom. The van der Waals surface area contributed by atoms with Crippen LogP contribution in [0.1, 0.15) is 45.4 Å². The fraction of sp³-hybridized carbons (Fsp3) is 0.889. The summed E-state index contributed by atoms with van der Waals surface area (Å²) in [5.41, 5.74) is 5.09. The molecule has 0 aromatic carbocycles. The Labute approximate surface area is 83.0 Å². The molecule has 1 unspecified atom stereocenters. The van der Waals surface area contributed by atoms with Gasteiger partial charge in [-0.25, -0.2) is 0 Å². The molecule has 0 bridgehead atoms. The lowest BCUT2D eigenvalue weighted by atomic mass is 10.1. The fourth-order valence-electron chi connectivity index (χ4n) is 1.07. The number of unbranched alkanes of at least 4 members (excludes halogenated alkanes) is 4. The molecule has 0 aromatic rings. The monoisotopic (exact) mass is 235 g/mol. The summed E-state index contributed by atoms with van der Waals surface area (Å²) < 4.78 is 0. The largest absolute Gasteiger partial charge is 0.369 e. The molecule has 3 heteroatoms. The quantitative estimate of drug-likeness (QED) is 0.535. The smallest absolute Gasteiger partial charge is 0.231 e. The van der Waals surface area contributed by atoms with Crippen LogP contribution in [0.5, 0.6) is 0 Å². The number of nitrogens with two attached hydrogens (primary N) is 1. The van der Waals surface area contributed by atoms with E-state index in [9.17, 15) is 4.79 Å². The first kappa shape index (κ1) is 11.9. The molecule has 0 rings (SSSR count). The van der Waals surface area contributed by atoms with E-state index in [1.165, 1.54) is 25.7 Å². The topological polar surface area (TPSA) is 43.1 Å². The second-order valence-electron chi connectivity index (χ2n) is 3.07. The first-order valence-electron chi connectivity index (χ1n) is 4.62. The van der Waals surface area contributed by atoms with Gasteiger partial charge >= 0.3 is 0 Å². The van der Waals surface area contributed by atoms with Gasteiger partial charge in [0, 0.05) is 0 Å².